The monoisotopic (exact) mass is 259 g/mol. The maximum absolute atomic E-state index is 12.2. The molecule has 0 saturated heterocycles. The smallest absolute Gasteiger partial charge is 0.242 e. The SMILES string of the molecule is CCCN(Cc1ccc(C#N)cc1)C(=O)C(C)(C)N. The van der Waals surface area contributed by atoms with Gasteiger partial charge >= 0.3 is 0 Å². The molecule has 1 aromatic rings. The molecular weight excluding hydrogens is 238 g/mol. The van der Waals surface area contributed by atoms with Crippen LogP contribution in [0.2, 0.25) is 0 Å². The number of hydrogen-bond donors (Lipinski definition) is 1. The predicted octanol–water partition coefficient (Wildman–Crippen LogP) is 2.03. The molecule has 0 fully saturated rings. The molecule has 0 bridgehead atoms. The lowest BCUT2D eigenvalue weighted by atomic mass is 10.0. The highest BCUT2D eigenvalue weighted by atomic mass is 16.2. The van der Waals surface area contributed by atoms with Crippen molar-refractivity contribution in [2.24, 2.45) is 5.73 Å². The first-order valence-electron chi connectivity index (χ1n) is 6.45. The van der Waals surface area contributed by atoms with E-state index in [1.807, 2.05) is 19.1 Å². The predicted molar refractivity (Wildman–Crippen MR) is 75.1 cm³/mol. The van der Waals surface area contributed by atoms with E-state index in [4.69, 9.17) is 11.0 Å². The summed E-state index contributed by atoms with van der Waals surface area (Å²) >= 11 is 0. The summed E-state index contributed by atoms with van der Waals surface area (Å²) in [6.45, 7) is 6.68. The van der Waals surface area contributed by atoms with Crippen molar-refractivity contribution in [2.75, 3.05) is 6.54 Å². The fourth-order valence-electron chi connectivity index (χ4n) is 1.83. The molecule has 4 nitrogen and oxygen atoms in total. The summed E-state index contributed by atoms with van der Waals surface area (Å²) in [5.74, 6) is -0.0568. The molecule has 0 aromatic heterocycles. The van der Waals surface area contributed by atoms with Gasteiger partial charge in [-0.3, -0.25) is 4.79 Å². The molecule has 19 heavy (non-hydrogen) atoms. The molecule has 0 spiro atoms. The first-order chi connectivity index (χ1) is 8.88. The van der Waals surface area contributed by atoms with E-state index in [9.17, 15) is 4.79 Å². The van der Waals surface area contributed by atoms with E-state index in [2.05, 4.69) is 6.07 Å². The first kappa shape index (κ1) is 15.2. The summed E-state index contributed by atoms with van der Waals surface area (Å²) in [5.41, 5.74) is 6.64. The number of amides is 1. The van der Waals surface area contributed by atoms with Gasteiger partial charge in [0.1, 0.15) is 0 Å². The van der Waals surface area contributed by atoms with Gasteiger partial charge in [-0.05, 0) is 38.0 Å². The van der Waals surface area contributed by atoms with Crippen LogP contribution in [0, 0.1) is 11.3 Å². The standard InChI is InChI=1S/C15H21N3O/c1-4-9-18(14(19)15(2,3)17)11-13-7-5-12(10-16)6-8-13/h5-8H,4,9,11,17H2,1-3H3. The minimum Gasteiger partial charge on any atom is -0.337 e. The molecule has 0 unspecified atom stereocenters. The molecule has 2 N–H and O–H groups in total. The van der Waals surface area contributed by atoms with E-state index in [-0.39, 0.29) is 5.91 Å². The Bertz CT molecular complexity index is 466. The fourth-order valence-corrected chi connectivity index (χ4v) is 1.83. The molecule has 0 saturated carbocycles. The van der Waals surface area contributed by atoms with E-state index < -0.39 is 5.54 Å². The quantitative estimate of drug-likeness (QED) is 0.879. The van der Waals surface area contributed by atoms with Crippen LogP contribution in [0.4, 0.5) is 0 Å². The van der Waals surface area contributed by atoms with Gasteiger partial charge in [-0.25, -0.2) is 0 Å². The number of nitriles is 1. The molecule has 0 aliphatic heterocycles. The molecule has 4 heteroatoms. The Morgan fingerprint density at radius 2 is 1.95 bits per heavy atom. The Morgan fingerprint density at radius 1 is 1.37 bits per heavy atom. The number of carbonyl (C=O) groups is 1. The molecule has 0 aliphatic rings. The maximum Gasteiger partial charge on any atom is 0.242 e. The van der Waals surface area contributed by atoms with Crippen LogP contribution in [0.3, 0.4) is 0 Å². The summed E-state index contributed by atoms with van der Waals surface area (Å²) in [6, 6.07) is 9.35. The van der Waals surface area contributed by atoms with Gasteiger partial charge in [0, 0.05) is 13.1 Å². The largest absolute Gasteiger partial charge is 0.337 e. The first-order valence-corrected chi connectivity index (χ1v) is 6.45. The van der Waals surface area contributed by atoms with E-state index in [0.29, 0.717) is 18.7 Å². The molecule has 0 atom stereocenters. The molecule has 102 valence electrons. The van der Waals surface area contributed by atoms with Gasteiger partial charge in [0.15, 0.2) is 0 Å². The average Bonchev–Trinajstić information content (AvgIpc) is 2.37. The van der Waals surface area contributed by atoms with Crippen molar-refractivity contribution in [2.45, 2.75) is 39.3 Å². The lowest BCUT2D eigenvalue weighted by Crippen LogP contribution is -2.51. The Kier molecular flexibility index (Phi) is 5.08. The van der Waals surface area contributed by atoms with Crippen LogP contribution in [0.25, 0.3) is 0 Å². The fraction of sp³-hybridized carbons (Fsp3) is 0.467. The molecule has 1 amide bonds. The van der Waals surface area contributed by atoms with E-state index in [1.54, 1.807) is 30.9 Å². The van der Waals surface area contributed by atoms with Crippen molar-refractivity contribution in [1.29, 1.82) is 5.26 Å². The lowest BCUT2D eigenvalue weighted by molar-refractivity contribution is -0.136. The number of benzene rings is 1. The van der Waals surface area contributed by atoms with Gasteiger partial charge in [0.2, 0.25) is 5.91 Å². The summed E-state index contributed by atoms with van der Waals surface area (Å²) in [7, 11) is 0. The second-order valence-corrected chi connectivity index (χ2v) is 5.26. The highest BCUT2D eigenvalue weighted by molar-refractivity contribution is 5.85. The van der Waals surface area contributed by atoms with Crippen molar-refractivity contribution in [1.82, 2.24) is 4.90 Å². The Balaban J connectivity index is 2.83. The highest BCUT2D eigenvalue weighted by Crippen LogP contribution is 2.12. The number of nitrogens with two attached hydrogens (primary N) is 1. The molecular formula is C15H21N3O. The Labute approximate surface area is 114 Å². The van der Waals surface area contributed by atoms with Crippen LogP contribution < -0.4 is 5.73 Å². The minimum absolute atomic E-state index is 0.0568. The third-order valence-electron chi connectivity index (χ3n) is 2.79. The van der Waals surface area contributed by atoms with E-state index >= 15 is 0 Å². The van der Waals surface area contributed by atoms with Gasteiger partial charge in [0.05, 0.1) is 17.2 Å². The zero-order valence-electron chi connectivity index (χ0n) is 11.8. The van der Waals surface area contributed by atoms with Gasteiger partial charge in [-0.15, -0.1) is 0 Å². The van der Waals surface area contributed by atoms with Crippen molar-refractivity contribution >= 4 is 5.91 Å². The number of carbonyl (C=O) groups excluding carboxylic acids is 1. The van der Waals surface area contributed by atoms with Crippen LogP contribution in [0.5, 0.6) is 0 Å². The van der Waals surface area contributed by atoms with Gasteiger partial charge in [-0.1, -0.05) is 19.1 Å². The van der Waals surface area contributed by atoms with Gasteiger partial charge in [-0.2, -0.15) is 5.26 Å². The third kappa shape index (κ3) is 4.38. The molecule has 0 aliphatic carbocycles. The van der Waals surface area contributed by atoms with E-state index in [0.717, 1.165) is 12.0 Å². The molecule has 1 rings (SSSR count). The van der Waals surface area contributed by atoms with Crippen molar-refractivity contribution in [3.63, 3.8) is 0 Å². The zero-order chi connectivity index (χ0) is 14.5. The molecule has 0 heterocycles. The normalized spacial score (nSPS) is 10.9. The Morgan fingerprint density at radius 3 is 2.37 bits per heavy atom. The summed E-state index contributed by atoms with van der Waals surface area (Å²) in [5, 5.41) is 8.76. The summed E-state index contributed by atoms with van der Waals surface area (Å²) < 4.78 is 0. The van der Waals surface area contributed by atoms with Gasteiger partial charge < -0.3 is 10.6 Å². The van der Waals surface area contributed by atoms with Crippen LogP contribution in [-0.2, 0) is 11.3 Å². The van der Waals surface area contributed by atoms with Crippen molar-refractivity contribution in [3.8, 4) is 6.07 Å². The maximum atomic E-state index is 12.2. The average molecular weight is 259 g/mol. The Hall–Kier alpha value is -1.86. The number of rotatable bonds is 5. The number of hydrogen-bond acceptors (Lipinski definition) is 3. The second kappa shape index (κ2) is 6.35. The molecule has 1 aromatic carbocycles. The van der Waals surface area contributed by atoms with Gasteiger partial charge in [0.25, 0.3) is 0 Å². The van der Waals surface area contributed by atoms with Crippen LogP contribution in [0.15, 0.2) is 24.3 Å². The number of nitrogens with zero attached hydrogens (tertiary/aromatic N) is 2. The summed E-state index contributed by atoms with van der Waals surface area (Å²) in [6.07, 6.45) is 0.887. The topological polar surface area (TPSA) is 70.1 Å². The van der Waals surface area contributed by atoms with Crippen LogP contribution in [0.1, 0.15) is 38.3 Å². The van der Waals surface area contributed by atoms with Crippen LogP contribution in [-0.4, -0.2) is 22.9 Å². The van der Waals surface area contributed by atoms with Crippen molar-refractivity contribution in [3.05, 3.63) is 35.4 Å². The minimum atomic E-state index is -0.859. The highest BCUT2D eigenvalue weighted by Gasteiger charge is 2.27. The lowest BCUT2D eigenvalue weighted by Gasteiger charge is -2.29. The van der Waals surface area contributed by atoms with Crippen molar-refractivity contribution < 1.29 is 4.79 Å². The third-order valence-corrected chi connectivity index (χ3v) is 2.79. The molecule has 0 radical (unpaired) electrons. The summed E-state index contributed by atoms with van der Waals surface area (Å²) in [4.78, 5) is 14.0. The van der Waals surface area contributed by atoms with Crippen LogP contribution >= 0.6 is 0 Å². The second-order valence-electron chi connectivity index (χ2n) is 5.26. The zero-order valence-corrected chi connectivity index (χ0v) is 11.8. The van der Waals surface area contributed by atoms with E-state index in [1.165, 1.54) is 0 Å².